The zero-order valence-corrected chi connectivity index (χ0v) is 11.0. The number of H-pyrrole nitrogens is 1. The average Bonchev–Trinajstić information content (AvgIpc) is 2.83. The number of nitrogens with one attached hydrogen (secondary N) is 2. The van der Waals surface area contributed by atoms with Crippen molar-refractivity contribution in [3.8, 4) is 0 Å². The van der Waals surface area contributed by atoms with Gasteiger partial charge in [0.2, 0.25) is 0 Å². The van der Waals surface area contributed by atoms with Gasteiger partial charge in [0, 0.05) is 24.2 Å². The minimum atomic E-state index is 0.418. The maximum atomic E-state index is 6.00. The SMILES string of the molecule is CN1CCC[C@@H](Nc2nnc(Cl)c3[nH]ccc23)C1. The monoisotopic (exact) mass is 265 g/mol. The molecule has 1 atom stereocenters. The quantitative estimate of drug-likeness (QED) is 0.873. The molecular weight excluding hydrogens is 250 g/mol. The van der Waals surface area contributed by atoms with E-state index in [0.717, 1.165) is 23.3 Å². The van der Waals surface area contributed by atoms with E-state index < -0.39 is 0 Å². The van der Waals surface area contributed by atoms with Gasteiger partial charge in [0.25, 0.3) is 0 Å². The summed E-state index contributed by atoms with van der Waals surface area (Å²) in [6, 6.07) is 2.41. The first kappa shape index (κ1) is 11.7. The molecule has 2 N–H and O–H groups in total. The summed E-state index contributed by atoms with van der Waals surface area (Å²) in [6.07, 6.45) is 4.24. The van der Waals surface area contributed by atoms with Gasteiger partial charge < -0.3 is 15.2 Å². The van der Waals surface area contributed by atoms with Gasteiger partial charge in [-0.25, -0.2) is 0 Å². The molecule has 5 nitrogen and oxygen atoms in total. The lowest BCUT2D eigenvalue weighted by molar-refractivity contribution is 0.261. The number of aromatic nitrogens is 3. The van der Waals surface area contributed by atoms with Crippen molar-refractivity contribution in [2.75, 3.05) is 25.5 Å². The Hall–Kier alpha value is -1.33. The van der Waals surface area contributed by atoms with Crippen molar-refractivity contribution in [2.45, 2.75) is 18.9 Å². The van der Waals surface area contributed by atoms with Crippen molar-refractivity contribution in [2.24, 2.45) is 0 Å². The standard InChI is InChI=1S/C12H16ClN5/c1-18-6-2-3-8(7-18)15-12-9-4-5-14-10(9)11(13)16-17-12/h4-5,8,14H,2-3,6-7H2,1H3,(H,15,17)/t8-/m1/s1. The van der Waals surface area contributed by atoms with E-state index in [-0.39, 0.29) is 0 Å². The summed E-state index contributed by atoms with van der Waals surface area (Å²) in [6.45, 7) is 2.21. The van der Waals surface area contributed by atoms with Crippen LogP contribution in [0.2, 0.25) is 5.15 Å². The Labute approximate surface area is 111 Å². The van der Waals surface area contributed by atoms with E-state index in [1.54, 1.807) is 0 Å². The molecule has 0 aliphatic carbocycles. The van der Waals surface area contributed by atoms with Crippen molar-refractivity contribution in [3.05, 3.63) is 17.4 Å². The van der Waals surface area contributed by atoms with Crippen molar-refractivity contribution in [3.63, 3.8) is 0 Å². The fraction of sp³-hybridized carbons (Fsp3) is 0.500. The number of anilines is 1. The van der Waals surface area contributed by atoms with E-state index >= 15 is 0 Å². The van der Waals surface area contributed by atoms with Crippen LogP contribution in [0, 0.1) is 0 Å². The molecule has 2 aromatic heterocycles. The highest BCUT2D eigenvalue weighted by Gasteiger charge is 2.19. The van der Waals surface area contributed by atoms with E-state index in [9.17, 15) is 0 Å². The Kier molecular flexibility index (Phi) is 3.09. The fourth-order valence-corrected chi connectivity index (χ4v) is 2.71. The molecule has 0 radical (unpaired) electrons. The van der Waals surface area contributed by atoms with Gasteiger partial charge in [-0.3, -0.25) is 0 Å². The van der Waals surface area contributed by atoms with Gasteiger partial charge in [-0.1, -0.05) is 11.6 Å². The van der Waals surface area contributed by atoms with Gasteiger partial charge in [-0.15, -0.1) is 10.2 Å². The van der Waals surface area contributed by atoms with E-state index in [1.807, 2.05) is 12.3 Å². The van der Waals surface area contributed by atoms with Crippen LogP contribution in [0.1, 0.15) is 12.8 Å². The third-order valence-corrected chi connectivity index (χ3v) is 3.68. The van der Waals surface area contributed by atoms with Crippen LogP contribution in [0.4, 0.5) is 5.82 Å². The summed E-state index contributed by atoms with van der Waals surface area (Å²) in [7, 11) is 2.15. The minimum absolute atomic E-state index is 0.418. The summed E-state index contributed by atoms with van der Waals surface area (Å²) in [5.41, 5.74) is 0.846. The van der Waals surface area contributed by atoms with Crippen LogP contribution < -0.4 is 5.32 Å². The number of hydrogen-bond acceptors (Lipinski definition) is 4. The molecule has 0 saturated carbocycles. The fourth-order valence-electron chi connectivity index (χ4n) is 2.52. The Morgan fingerprint density at radius 2 is 2.39 bits per heavy atom. The van der Waals surface area contributed by atoms with Crippen LogP contribution in [0.5, 0.6) is 0 Å². The van der Waals surface area contributed by atoms with E-state index in [4.69, 9.17) is 11.6 Å². The van der Waals surface area contributed by atoms with Crippen LogP contribution in [0.15, 0.2) is 12.3 Å². The molecule has 0 aromatic carbocycles. The highest BCUT2D eigenvalue weighted by Crippen LogP contribution is 2.25. The summed E-state index contributed by atoms with van der Waals surface area (Å²) in [5, 5.41) is 13.0. The van der Waals surface area contributed by atoms with Crippen molar-refractivity contribution in [1.82, 2.24) is 20.1 Å². The lowest BCUT2D eigenvalue weighted by Crippen LogP contribution is -2.39. The smallest absolute Gasteiger partial charge is 0.175 e. The van der Waals surface area contributed by atoms with E-state index in [2.05, 4.69) is 32.4 Å². The van der Waals surface area contributed by atoms with Crippen molar-refractivity contribution >= 4 is 28.3 Å². The molecule has 0 spiro atoms. The molecule has 1 aliphatic heterocycles. The number of likely N-dealkylation sites (tertiary alicyclic amines) is 1. The van der Waals surface area contributed by atoms with Gasteiger partial charge in [-0.2, -0.15) is 0 Å². The Morgan fingerprint density at radius 1 is 1.50 bits per heavy atom. The molecule has 0 amide bonds. The molecule has 1 saturated heterocycles. The number of rotatable bonds is 2. The molecule has 1 aliphatic rings. The zero-order valence-electron chi connectivity index (χ0n) is 10.3. The number of fused-ring (bicyclic) bond motifs is 1. The van der Waals surface area contributed by atoms with E-state index in [1.165, 1.54) is 19.4 Å². The van der Waals surface area contributed by atoms with Crippen molar-refractivity contribution in [1.29, 1.82) is 0 Å². The van der Waals surface area contributed by atoms with E-state index in [0.29, 0.717) is 11.2 Å². The van der Waals surface area contributed by atoms with Gasteiger partial charge in [0.1, 0.15) is 0 Å². The minimum Gasteiger partial charge on any atom is -0.364 e. The zero-order chi connectivity index (χ0) is 12.5. The summed E-state index contributed by atoms with van der Waals surface area (Å²) < 4.78 is 0. The number of halogens is 1. The highest BCUT2D eigenvalue weighted by atomic mass is 35.5. The third kappa shape index (κ3) is 2.15. The molecule has 0 bridgehead atoms. The summed E-state index contributed by atoms with van der Waals surface area (Å²) in [4.78, 5) is 5.42. The Balaban J connectivity index is 1.86. The first-order valence-electron chi connectivity index (χ1n) is 6.18. The van der Waals surface area contributed by atoms with Gasteiger partial charge >= 0.3 is 0 Å². The Morgan fingerprint density at radius 3 is 3.22 bits per heavy atom. The molecular formula is C12H16ClN5. The molecule has 6 heteroatoms. The van der Waals surface area contributed by atoms with Crippen molar-refractivity contribution < 1.29 is 0 Å². The lowest BCUT2D eigenvalue weighted by atomic mass is 10.1. The van der Waals surface area contributed by atoms with Crippen LogP contribution in [-0.4, -0.2) is 46.3 Å². The Bertz CT molecular complexity index is 552. The number of hydrogen-bond donors (Lipinski definition) is 2. The number of aromatic amines is 1. The average molecular weight is 266 g/mol. The van der Waals surface area contributed by atoms with Gasteiger partial charge in [-0.05, 0) is 32.5 Å². The molecule has 18 heavy (non-hydrogen) atoms. The normalized spacial score (nSPS) is 21.3. The topological polar surface area (TPSA) is 56.8 Å². The van der Waals surface area contributed by atoms with Gasteiger partial charge in [0.05, 0.1) is 5.52 Å². The van der Waals surface area contributed by atoms with Crippen LogP contribution in [0.25, 0.3) is 10.9 Å². The van der Waals surface area contributed by atoms with Crippen LogP contribution >= 0.6 is 11.6 Å². The molecule has 0 unspecified atom stereocenters. The molecule has 96 valence electrons. The predicted molar refractivity (Wildman–Crippen MR) is 73.0 cm³/mol. The number of likely N-dealkylation sites (N-methyl/N-ethyl adjacent to an activating group) is 1. The highest BCUT2D eigenvalue weighted by molar-refractivity contribution is 6.34. The first-order valence-corrected chi connectivity index (χ1v) is 6.56. The van der Waals surface area contributed by atoms with Crippen LogP contribution in [0.3, 0.4) is 0 Å². The maximum Gasteiger partial charge on any atom is 0.175 e. The maximum absolute atomic E-state index is 6.00. The van der Waals surface area contributed by atoms with Gasteiger partial charge in [0.15, 0.2) is 11.0 Å². The first-order chi connectivity index (χ1) is 8.74. The second-order valence-electron chi connectivity index (χ2n) is 4.85. The predicted octanol–water partition coefficient (Wildman–Crippen LogP) is 2.12. The number of piperidine rings is 1. The second-order valence-corrected chi connectivity index (χ2v) is 5.21. The summed E-state index contributed by atoms with van der Waals surface area (Å²) in [5.74, 6) is 0.816. The molecule has 2 aromatic rings. The molecule has 3 rings (SSSR count). The van der Waals surface area contributed by atoms with Crippen LogP contribution in [-0.2, 0) is 0 Å². The summed E-state index contributed by atoms with van der Waals surface area (Å²) >= 11 is 6.00. The molecule has 1 fully saturated rings. The lowest BCUT2D eigenvalue weighted by Gasteiger charge is -2.30. The third-order valence-electron chi connectivity index (χ3n) is 3.41. The molecule has 3 heterocycles. The second kappa shape index (κ2) is 4.74. The number of nitrogens with zero attached hydrogens (tertiary/aromatic N) is 3. The largest absolute Gasteiger partial charge is 0.364 e.